The Morgan fingerprint density at radius 3 is 3.14 bits per heavy atom. The zero-order chi connectivity index (χ0) is 9.97. The quantitative estimate of drug-likeness (QED) is 0.710. The second-order valence-electron chi connectivity index (χ2n) is 3.41. The molecule has 4 heteroatoms. The highest BCUT2D eigenvalue weighted by atomic mass is 16.5. The molecule has 2 rings (SSSR count). The van der Waals surface area contributed by atoms with E-state index in [1.165, 1.54) is 12.5 Å². The molecule has 14 heavy (non-hydrogen) atoms. The number of hydrogen-bond acceptors (Lipinski definition) is 3. The van der Waals surface area contributed by atoms with Crippen LogP contribution in [0.1, 0.15) is 16.8 Å². The summed E-state index contributed by atoms with van der Waals surface area (Å²) in [7, 11) is 1.68. The molecule has 1 atom stereocenters. The molecule has 1 fully saturated rings. The van der Waals surface area contributed by atoms with Gasteiger partial charge >= 0.3 is 0 Å². The van der Waals surface area contributed by atoms with Crippen molar-refractivity contribution in [2.75, 3.05) is 20.2 Å². The Labute approximate surface area is 82.4 Å². The summed E-state index contributed by atoms with van der Waals surface area (Å²) in [5.41, 5.74) is 0.613. The first-order chi connectivity index (χ1) is 6.81. The molecule has 1 aliphatic rings. The van der Waals surface area contributed by atoms with E-state index < -0.39 is 0 Å². The number of nitrogens with zero attached hydrogens (tertiary/aromatic N) is 1. The molecule has 0 aromatic carbocycles. The lowest BCUT2D eigenvalue weighted by Gasteiger charge is -2.14. The van der Waals surface area contributed by atoms with Crippen LogP contribution in [0, 0.1) is 0 Å². The number of rotatable bonds is 2. The van der Waals surface area contributed by atoms with E-state index >= 15 is 0 Å². The Morgan fingerprint density at radius 2 is 2.57 bits per heavy atom. The van der Waals surface area contributed by atoms with Crippen LogP contribution in [0.2, 0.25) is 0 Å². The van der Waals surface area contributed by atoms with Crippen molar-refractivity contribution < 1.29 is 13.9 Å². The monoisotopic (exact) mass is 195 g/mol. The first-order valence-corrected chi connectivity index (χ1v) is 4.65. The summed E-state index contributed by atoms with van der Waals surface area (Å²) in [6, 6.07) is 1.68. The molecular formula is C10H13NO3. The van der Waals surface area contributed by atoms with Crippen LogP contribution in [-0.4, -0.2) is 37.1 Å². The predicted molar refractivity (Wildman–Crippen MR) is 50.0 cm³/mol. The Morgan fingerprint density at radius 1 is 1.71 bits per heavy atom. The first-order valence-electron chi connectivity index (χ1n) is 4.65. The number of hydrogen-bond donors (Lipinski definition) is 0. The summed E-state index contributed by atoms with van der Waals surface area (Å²) in [5, 5.41) is 0. The normalized spacial score (nSPS) is 21.5. The molecule has 1 saturated heterocycles. The summed E-state index contributed by atoms with van der Waals surface area (Å²) < 4.78 is 10.1. The van der Waals surface area contributed by atoms with E-state index in [2.05, 4.69) is 0 Å². The molecule has 0 aliphatic carbocycles. The lowest BCUT2D eigenvalue weighted by atomic mass is 10.3. The van der Waals surface area contributed by atoms with Crippen molar-refractivity contribution in [1.29, 1.82) is 0 Å². The van der Waals surface area contributed by atoms with Crippen molar-refractivity contribution in [2.24, 2.45) is 0 Å². The summed E-state index contributed by atoms with van der Waals surface area (Å²) in [6.07, 6.45) is 4.09. The van der Waals surface area contributed by atoms with Crippen LogP contribution < -0.4 is 0 Å². The van der Waals surface area contributed by atoms with E-state index in [1.54, 1.807) is 18.1 Å². The standard InChI is InChI=1S/C10H13NO3/c1-13-9-2-4-11(6-9)10(12)8-3-5-14-7-8/h3,5,7,9H,2,4,6H2,1H3. The Bertz CT molecular complexity index is 307. The lowest BCUT2D eigenvalue weighted by molar-refractivity contribution is 0.0723. The second kappa shape index (κ2) is 3.84. The van der Waals surface area contributed by atoms with Gasteiger partial charge in [0, 0.05) is 20.2 Å². The van der Waals surface area contributed by atoms with Crippen molar-refractivity contribution in [3.63, 3.8) is 0 Å². The molecule has 2 heterocycles. The highest BCUT2D eigenvalue weighted by molar-refractivity contribution is 5.94. The number of methoxy groups -OCH3 is 1. The van der Waals surface area contributed by atoms with Gasteiger partial charge in [0.25, 0.3) is 5.91 Å². The molecule has 4 nitrogen and oxygen atoms in total. The minimum absolute atomic E-state index is 0.0262. The molecule has 0 bridgehead atoms. The van der Waals surface area contributed by atoms with Crippen molar-refractivity contribution >= 4 is 5.91 Å². The summed E-state index contributed by atoms with van der Waals surface area (Å²) >= 11 is 0. The number of furan rings is 1. The van der Waals surface area contributed by atoms with Crippen molar-refractivity contribution in [3.05, 3.63) is 24.2 Å². The van der Waals surface area contributed by atoms with Gasteiger partial charge in [-0.3, -0.25) is 4.79 Å². The van der Waals surface area contributed by atoms with Gasteiger partial charge in [0.1, 0.15) is 6.26 Å². The van der Waals surface area contributed by atoms with Crippen LogP contribution >= 0.6 is 0 Å². The van der Waals surface area contributed by atoms with Crippen molar-refractivity contribution in [3.8, 4) is 0 Å². The van der Waals surface area contributed by atoms with Crippen molar-refractivity contribution in [1.82, 2.24) is 4.90 Å². The third-order valence-electron chi connectivity index (χ3n) is 2.53. The van der Waals surface area contributed by atoms with Gasteiger partial charge < -0.3 is 14.1 Å². The first kappa shape index (κ1) is 9.27. The third-order valence-corrected chi connectivity index (χ3v) is 2.53. The van der Waals surface area contributed by atoms with Crippen LogP contribution in [0.3, 0.4) is 0 Å². The number of carbonyl (C=O) groups is 1. The largest absolute Gasteiger partial charge is 0.472 e. The number of carbonyl (C=O) groups excluding carboxylic acids is 1. The van der Waals surface area contributed by atoms with E-state index in [0.29, 0.717) is 12.1 Å². The molecule has 1 amide bonds. The minimum atomic E-state index is 0.0262. The maximum Gasteiger partial charge on any atom is 0.257 e. The summed E-state index contributed by atoms with van der Waals surface area (Å²) in [4.78, 5) is 13.6. The van der Waals surface area contributed by atoms with E-state index in [4.69, 9.17) is 9.15 Å². The number of likely N-dealkylation sites (tertiary alicyclic amines) is 1. The molecule has 0 N–H and O–H groups in total. The molecule has 1 aromatic heterocycles. The molecule has 1 unspecified atom stereocenters. The number of ether oxygens (including phenoxy) is 1. The minimum Gasteiger partial charge on any atom is -0.472 e. The van der Waals surface area contributed by atoms with Crippen LogP contribution in [-0.2, 0) is 4.74 Å². The van der Waals surface area contributed by atoms with Crippen LogP contribution in [0.5, 0.6) is 0 Å². The van der Waals surface area contributed by atoms with Crippen molar-refractivity contribution in [2.45, 2.75) is 12.5 Å². The third kappa shape index (κ3) is 1.65. The Hall–Kier alpha value is -1.29. The second-order valence-corrected chi connectivity index (χ2v) is 3.41. The maximum atomic E-state index is 11.8. The molecule has 0 spiro atoms. The fourth-order valence-corrected chi connectivity index (χ4v) is 1.67. The topological polar surface area (TPSA) is 42.7 Å². The average Bonchev–Trinajstić information content (AvgIpc) is 2.88. The van der Waals surface area contributed by atoms with Gasteiger partial charge in [0.05, 0.1) is 17.9 Å². The highest BCUT2D eigenvalue weighted by Crippen LogP contribution is 2.15. The molecule has 1 aliphatic heterocycles. The average molecular weight is 195 g/mol. The zero-order valence-electron chi connectivity index (χ0n) is 8.10. The van der Waals surface area contributed by atoms with Gasteiger partial charge in [-0.15, -0.1) is 0 Å². The predicted octanol–water partition coefficient (Wildman–Crippen LogP) is 1.14. The fraction of sp³-hybridized carbons (Fsp3) is 0.500. The maximum absolute atomic E-state index is 11.8. The molecular weight excluding hydrogens is 182 g/mol. The van der Waals surface area contributed by atoms with Gasteiger partial charge in [-0.05, 0) is 12.5 Å². The van der Waals surface area contributed by atoms with Gasteiger partial charge in [-0.25, -0.2) is 0 Å². The van der Waals surface area contributed by atoms with Crippen LogP contribution in [0.4, 0.5) is 0 Å². The zero-order valence-corrected chi connectivity index (χ0v) is 8.10. The van der Waals surface area contributed by atoms with Crippen LogP contribution in [0.15, 0.2) is 23.0 Å². The lowest BCUT2D eigenvalue weighted by Crippen LogP contribution is -2.29. The van der Waals surface area contributed by atoms with E-state index in [9.17, 15) is 4.79 Å². The van der Waals surface area contributed by atoms with Crippen LogP contribution in [0.25, 0.3) is 0 Å². The Kier molecular flexibility index (Phi) is 2.54. The summed E-state index contributed by atoms with van der Waals surface area (Å²) in [6.45, 7) is 1.45. The van der Waals surface area contributed by atoms with Gasteiger partial charge in [0.2, 0.25) is 0 Å². The van der Waals surface area contributed by atoms with E-state index in [1.807, 2.05) is 0 Å². The highest BCUT2D eigenvalue weighted by Gasteiger charge is 2.26. The van der Waals surface area contributed by atoms with Gasteiger partial charge in [-0.2, -0.15) is 0 Å². The van der Waals surface area contributed by atoms with Gasteiger partial charge in [-0.1, -0.05) is 0 Å². The smallest absolute Gasteiger partial charge is 0.257 e. The Balaban J connectivity index is 2.00. The molecule has 1 aromatic rings. The molecule has 0 radical (unpaired) electrons. The SMILES string of the molecule is COC1CCN(C(=O)c2ccoc2)C1. The van der Waals surface area contributed by atoms with E-state index in [0.717, 1.165) is 13.0 Å². The molecule has 0 saturated carbocycles. The number of amides is 1. The fourth-order valence-electron chi connectivity index (χ4n) is 1.67. The van der Waals surface area contributed by atoms with E-state index in [-0.39, 0.29) is 12.0 Å². The summed E-state index contributed by atoms with van der Waals surface area (Å²) in [5.74, 6) is 0.0262. The van der Waals surface area contributed by atoms with Gasteiger partial charge in [0.15, 0.2) is 0 Å². The molecule has 76 valence electrons.